The molecule has 1 aromatic heterocycles. The number of aliphatic hydroxyl groups is 1. The monoisotopic (exact) mass is 568 g/mol. The number of pyridine rings is 1. The molecule has 1 aliphatic heterocycles. The lowest BCUT2D eigenvalue weighted by Gasteiger charge is -2.38. The minimum atomic E-state index is -0.782. The van der Waals surface area contributed by atoms with Crippen LogP contribution in [0.25, 0.3) is 10.9 Å². The van der Waals surface area contributed by atoms with Gasteiger partial charge in [-0.15, -0.1) is 0 Å². The van der Waals surface area contributed by atoms with Crippen molar-refractivity contribution < 1.29 is 19.7 Å². The number of likely N-dealkylation sites (tertiary alicyclic amines) is 1. The van der Waals surface area contributed by atoms with E-state index < -0.39 is 12.1 Å². The SMILES string of the molecule is COc1ccc2nccc([C@H](O)CC[C@@H]3CCN(CC#Cc4c(C)cc(Cl)cc4Cl)C[C@H]3CCC(=O)O)c2c1. The molecule has 0 unspecified atom stereocenters. The highest BCUT2D eigenvalue weighted by Gasteiger charge is 2.30. The highest BCUT2D eigenvalue weighted by Crippen LogP contribution is 2.35. The summed E-state index contributed by atoms with van der Waals surface area (Å²) in [6.07, 6.45) is 4.18. The predicted molar refractivity (Wildman–Crippen MR) is 155 cm³/mol. The molecule has 8 heteroatoms. The zero-order valence-electron chi connectivity index (χ0n) is 22.3. The van der Waals surface area contributed by atoms with E-state index in [1.807, 2.05) is 37.3 Å². The van der Waals surface area contributed by atoms with Gasteiger partial charge >= 0.3 is 5.97 Å². The Balaban J connectivity index is 1.41. The number of hydrogen-bond acceptors (Lipinski definition) is 5. The number of hydrogen-bond donors (Lipinski definition) is 2. The van der Waals surface area contributed by atoms with Crippen LogP contribution in [0.1, 0.15) is 54.9 Å². The van der Waals surface area contributed by atoms with Crippen LogP contribution in [0.5, 0.6) is 5.75 Å². The number of aliphatic carboxylic acids is 1. The number of piperidine rings is 1. The maximum atomic E-state index is 11.4. The predicted octanol–water partition coefficient (Wildman–Crippen LogP) is 6.53. The lowest BCUT2D eigenvalue weighted by atomic mass is 9.79. The topological polar surface area (TPSA) is 82.9 Å². The van der Waals surface area contributed by atoms with E-state index in [1.54, 1.807) is 19.4 Å². The van der Waals surface area contributed by atoms with Crippen molar-refractivity contribution in [1.29, 1.82) is 0 Å². The second-order valence-electron chi connectivity index (χ2n) is 10.2. The number of nitrogens with zero attached hydrogens (tertiary/aromatic N) is 2. The summed E-state index contributed by atoms with van der Waals surface area (Å²) in [4.78, 5) is 18.1. The van der Waals surface area contributed by atoms with Crippen LogP contribution in [0.4, 0.5) is 0 Å². The van der Waals surface area contributed by atoms with Gasteiger partial charge in [0.2, 0.25) is 0 Å². The fourth-order valence-corrected chi connectivity index (χ4v) is 6.15. The van der Waals surface area contributed by atoms with Crippen LogP contribution in [0.2, 0.25) is 10.0 Å². The van der Waals surface area contributed by atoms with Gasteiger partial charge in [-0.1, -0.05) is 35.0 Å². The first kappa shape index (κ1) is 29.2. The Labute approximate surface area is 239 Å². The number of carboxylic acids is 1. The number of methoxy groups -OCH3 is 1. The molecule has 1 fully saturated rings. The van der Waals surface area contributed by atoms with Crippen LogP contribution in [0.3, 0.4) is 0 Å². The molecule has 3 aromatic rings. The Kier molecular flexibility index (Phi) is 10.1. The summed E-state index contributed by atoms with van der Waals surface area (Å²) >= 11 is 12.4. The number of aromatic nitrogens is 1. The Morgan fingerprint density at radius 2 is 2.03 bits per heavy atom. The number of rotatable bonds is 9. The summed E-state index contributed by atoms with van der Waals surface area (Å²) in [5, 5.41) is 22.5. The molecule has 4 rings (SSSR count). The smallest absolute Gasteiger partial charge is 0.303 e. The Hall–Kier alpha value is -2.82. The second-order valence-corrected chi connectivity index (χ2v) is 11.1. The largest absolute Gasteiger partial charge is 0.497 e. The number of ether oxygens (including phenoxy) is 1. The Morgan fingerprint density at radius 3 is 2.77 bits per heavy atom. The summed E-state index contributed by atoms with van der Waals surface area (Å²) in [6.45, 7) is 4.18. The second kappa shape index (κ2) is 13.5. The number of benzene rings is 2. The maximum Gasteiger partial charge on any atom is 0.303 e. The van der Waals surface area contributed by atoms with Crippen molar-refractivity contribution in [3.05, 3.63) is 69.3 Å². The number of carbonyl (C=O) groups is 1. The summed E-state index contributed by atoms with van der Waals surface area (Å²) in [6, 6.07) is 11.1. The van der Waals surface area contributed by atoms with Gasteiger partial charge in [0.05, 0.1) is 30.3 Å². The lowest BCUT2D eigenvalue weighted by Crippen LogP contribution is -2.41. The standard InChI is InChI=1S/C31H34Cl2N2O4/c1-20-16-23(32)17-28(33)25(20)4-3-14-35-15-12-21(22(19-35)6-10-31(37)38)5-9-30(36)26-11-13-34-29-8-7-24(39-2)18-27(26)29/h7-8,11,13,16-18,21-22,30,36H,5-6,9-10,12,14-15,19H2,1-2H3,(H,37,38)/t21-,22-,30-/m1/s1. The van der Waals surface area contributed by atoms with Crippen molar-refractivity contribution in [1.82, 2.24) is 9.88 Å². The van der Waals surface area contributed by atoms with E-state index >= 15 is 0 Å². The molecule has 1 saturated heterocycles. The first-order chi connectivity index (χ1) is 18.7. The molecular weight excluding hydrogens is 535 g/mol. The molecule has 206 valence electrons. The third-order valence-corrected chi connectivity index (χ3v) is 8.14. The molecule has 2 N–H and O–H groups in total. The number of halogens is 2. The van der Waals surface area contributed by atoms with Gasteiger partial charge in [0.25, 0.3) is 0 Å². The maximum absolute atomic E-state index is 11.4. The fraction of sp³-hybridized carbons (Fsp3) is 0.419. The average Bonchev–Trinajstić information content (AvgIpc) is 2.91. The van der Waals surface area contributed by atoms with Crippen LogP contribution in [-0.4, -0.2) is 52.8 Å². The van der Waals surface area contributed by atoms with Gasteiger partial charge < -0.3 is 14.9 Å². The Morgan fingerprint density at radius 1 is 1.21 bits per heavy atom. The van der Waals surface area contributed by atoms with Crippen molar-refractivity contribution in [3.63, 3.8) is 0 Å². The van der Waals surface area contributed by atoms with E-state index in [4.69, 9.17) is 27.9 Å². The van der Waals surface area contributed by atoms with Crippen LogP contribution in [0, 0.1) is 30.6 Å². The molecule has 6 nitrogen and oxygen atoms in total. The lowest BCUT2D eigenvalue weighted by molar-refractivity contribution is -0.137. The molecule has 1 aliphatic rings. The number of carboxylic acid groups (broad SMARTS) is 1. The molecule has 0 spiro atoms. The normalized spacial score (nSPS) is 18.4. The van der Waals surface area contributed by atoms with Gasteiger partial charge in [-0.3, -0.25) is 14.7 Å². The van der Waals surface area contributed by atoms with Crippen LogP contribution in [0.15, 0.2) is 42.6 Å². The van der Waals surface area contributed by atoms with Crippen LogP contribution in [-0.2, 0) is 4.79 Å². The quantitative estimate of drug-likeness (QED) is 0.285. The van der Waals surface area contributed by atoms with Crippen molar-refractivity contribution >= 4 is 40.1 Å². The molecule has 0 bridgehead atoms. The van der Waals surface area contributed by atoms with E-state index in [-0.39, 0.29) is 12.3 Å². The zero-order valence-corrected chi connectivity index (χ0v) is 23.8. The summed E-state index contributed by atoms with van der Waals surface area (Å²) in [5.41, 5.74) is 3.38. The summed E-state index contributed by atoms with van der Waals surface area (Å²) in [5.74, 6) is 6.93. The van der Waals surface area contributed by atoms with Crippen molar-refractivity contribution in [2.75, 3.05) is 26.7 Å². The van der Waals surface area contributed by atoms with E-state index in [0.717, 1.165) is 59.3 Å². The Bertz CT molecular complexity index is 1360. The van der Waals surface area contributed by atoms with Gasteiger partial charge in [0.1, 0.15) is 5.75 Å². The van der Waals surface area contributed by atoms with E-state index in [0.29, 0.717) is 35.3 Å². The molecule has 0 radical (unpaired) electrons. The van der Waals surface area contributed by atoms with E-state index in [1.165, 1.54) is 0 Å². The number of aryl methyl sites for hydroxylation is 1. The third-order valence-electron chi connectivity index (χ3n) is 7.63. The molecule has 2 aromatic carbocycles. The van der Waals surface area contributed by atoms with Crippen molar-refractivity contribution in [3.8, 4) is 17.6 Å². The van der Waals surface area contributed by atoms with Gasteiger partial charge in [0, 0.05) is 35.1 Å². The zero-order chi connectivity index (χ0) is 27.9. The first-order valence-corrected chi connectivity index (χ1v) is 14.0. The molecule has 3 atom stereocenters. The molecule has 0 saturated carbocycles. The molecule has 39 heavy (non-hydrogen) atoms. The number of fused-ring (bicyclic) bond motifs is 1. The van der Waals surface area contributed by atoms with Crippen molar-refractivity contribution in [2.45, 2.75) is 45.1 Å². The summed E-state index contributed by atoms with van der Waals surface area (Å²) < 4.78 is 5.37. The summed E-state index contributed by atoms with van der Waals surface area (Å²) in [7, 11) is 1.62. The van der Waals surface area contributed by atoms with E-state index in [9.17, 15) is 15.0 Å². The highest BCUT2D eigenvalue weighted by molar-refractivity contribution is 6.35. The van der Waals surface area contributed by atoms with Gasteiger partial charge in [-0.25, -0.2) is 0 Å². The molecule has 0 amide bonds. The average molecular weight is 570 g/mol. The highest BCUT2D eigenvalue weighted by atomic mass is 35.5. The van der Waals surface area contributed by atoms with Crippen LogP contribution < -0.4 is 4.74 Å². The van der Waals surface area contributed by atoms with Crippen LogP contribution >= 0.6 is 23.2 Å². The van der Waals surface area contributed by atoms with E-state index in [2.05, 4.69) is 21.7 Å². The van der Waals surface area contributed by atoms with Gasteiger partial charge in [-0.05, 0) is 98.5 Å². The number of aliphatic hydroxyl groups excluding tert-OH is 1. The van der Waals surface area contributed by atoms with Gasteiger partial charge in [-0.2, -0.15) is 0 Å². The first-order valence-electron chi connectivity index (χ1n) is 13.2. The third kappa shape index (κ3) is 7.64. The molecule has 2 heterocycles. The fourth-order valence-electron chi connectivity index (χ4n) is 5.51. The molecule has 0 aliphatic carbocycles. The van der Waals surface area contributed by atoms with Gasteiger partial charge in [0.15, 0.2) is 0 Å². The minimum Gasteiger partial charge on any atom is -0.497 e. The van der Waals surface area contributed by atoms with Crippen molar-refractivity contribution in [2.24, 2.45) is 11.8 Å². The minimum absolute atomic E-state index is 0.137. The molecular formula is C31H34Cl2N2O4.